The fraction of sp³-hybridized carbons (Fsp3) is 0.250. The van der Waals surface area contributed by atoms with Crippen LogP contribution in [-0.2, 0) is 10.3 Å². The largest absolute Gasteiger partial charge is 0.325 e. The molecule has 2 aromatic rings. The molecule has 144 valence electrons. The van der Waals surface area contributed by atoms with Crippen molar-refractivity contribution in [2.75, 3.05) is 6.54 Å². The van der Waals surface area contributed by atoms with E-state index in [9.17, 15) is 24.5 Å². The summed E-state index contributed by atoms with van der Waals surface area (Å²) in [6, 6.07) is 10.1. The number of amides is 3. The number of hydrogen-bond donors (Lipinski definition) is 1. The lowest BCUT2D eigenvalue weighted by Crippen LogP contribution is -2.41. The molecule has 1 unspecified atom stereocenters. The number of urea groups is 1. The molecule has 1 saturated heterocycles. The number of nitrogens with one attached hydrogen (secondary N) is 1. The Morgan fingerprint density at radius 2 is 1.79 bits per heavy atom. The number of nitro benzene ring substituents is 1. The van der Waals surface area contributed by atoms with E-state index in [1.165, 1.54) is 31.2 Å². The maximum Gasteiger partial charge on any atom is 0.325 e. The van der Waals surface area contributed by atoms with Crippen molar-refractivity contribution in [1.82, 2.24) is 10.2 Å². The van der Waals surface area contributed by atoms with Crippen LogP contribution in [0.2, 0.25) is 0 Å². The zero-order valence-electron chi connectivity index (χ0n) is 15.7. The maximum atomic E-state index is 12.9. The molecule has 3 amide bonds. The van der Waals surface area contributed by atoms with Gasteiger partial charge in [0.05, 0.1) is 11.5 Å². The Kier molecular flexibility index (Phi) is 4.72. The van der Waals surface area contributed by atoms with Gasteiger partial charge in [-0.1, -0.05) is 17.7 Å². The fourth-order valence-corrected chi connectivity index (χ4v) is 3.22. The number of carbonyl (C=O) groups excluding carboxylic acids is 3. The molecule has 0 spiro atoms. The van der Waals surface area contributed by atoms with Crippen molar-refractivity contribution in [3.63, 3.8) is 0 Å². The number of nitro groups is 1. The number of rotatable bonds is 5. The number of non-ortho nitro benzene ring substituents is 1. The average molecular weight is 381 g/mol. The predicted molar refractivity (Wildman–Crippen MR) is 101 cm³/mol. The molecule has 0 radical (unpaired) electrons. The zero-order chi connectivity index (χ0) is 20.6. The summed E-state index contributed by atoms with van der Waals surface area (Å²) in [6.07, 6.45) is 0. The summed E-state index contributed by atoms with van der Waals surface area (Å²) in [7, 11) is 0. The highest BCUT2D eigenvalue weighted by Gasteiger charge is 2.49. The van der Waals surface area contributed by atoms with Crippen molar-refractivity contribution in [2.45, 2.75) is 26.3 Å². The molecular formula is C20H19N3O5. The van der Waals surface area contributed by atoms with E-state index in [4.69, 9.17) is 0 Å². The van der Waals surface area contributed by atoms with Gasteiger partial charge in [-0.15, -0.1) is 0 Å². The Labute approximate surface area is 161 Å². The van der Waals surface area contributed by atoms with Gasteiger partial charge in [0, 0.05) is 17.7 Å². The summed E-state index contributed by atoms with van der Waals surface area (Å²) in [5.41, 5.74) is 1.02. The molecule has 28 heavy (non-hydrogen) atoms. The Hall–Kier alpha value is -3.55. The Bertz CT molecular complexity index is 999. The highest BCUT2D eigenvalue weighted by atomic mass is 16.6. The third-order valence-electron chi connectivity index (χ3n) is 4.93. The van der Waals surface area contributed by atoms with Crippen molar-refractivity contribution in [3.8, 4) is 0 Å². The van der Waals surface area contributed by atoms with E-state index >= 15 is 0 Å². The van der Waals surface area contributed by atoms with Gasteiger partial charge in [-0.2, -0.15) is 0 Å². The van der Waals surface area contributed by atoms with E-state index in [2.05, 4.69) is 5.32 Å². The molecule has 0 aliphatic carbocycles. The van der Waals surface area contributed by atoms with Gasteiger partial charge in [0.25, 0.3) is 11.6 Å². The second kappa shape index (κ2) is 6.88. The number of benzene rings is 2. The first-order valence-corrected chi connectivity index (χ1v) is 8.63. The quantitative estimate of drug-likeness (QED) is 0.371. The molecule has 8 nitrogen and oxygen atoms in total. The van der Waals surface area contributed by atoms with Crippen LogP contribution in [0.15, 0.2) is 42.5 Å². The van der Waals surface area contributed by atoms with E-state index in [0.29, 0.717) is 11.1 Å². The first-order chi connectivity index (χ1) is 13.1. The highest BCUT2D eigenvalue weighted by Crippen LogP contribution is 2.30. The lowest BCUT2D eigenvalue weighted by atomic mass is 9.91. The topological polar surface area (TPSA) is 110 Å². The van der Waals surface area contributed by atoms with Crippen molar-refractivity contribution < 1.29 is 19.3 Å². The molecular weight excluding hydrogens is 362 g/mol. The predicted octanol–water partition coefficient (Wildman–Crippen LogP) is 2.86. The minimum absolute atomic E-state index is 0.119. The van der Waals surface area contributed by atoms with Crippen LogP contribution in [0.25, 0.3) is 0 Å². The monoisotopic (exact) mass is 381 g/mol. The number of imide groups is 1. The summed E-state index contributed by atoms with van der Waals surface area (Å²) < 4.78 is 0. The number of ketones is 1. The molecule has 0 bridgehead atoms. The lowest BCUT2D eigenvalue weighted by molar-refractivity contribution is -0.384. The summed E-state index contributed by atoms with van der Waals surface area (Å²) >= 11 is 0. The molecule has 0 aromatic heterocycles. The van der Waals surface area contributed by atoms with Crippen LogP contribution >= 0.6 is 0 Å². The van der Waals surface area contributed by atoms with Crippen LogP contribution < -0.4 is 5.32 Å². The maximum absolute atomic E-state index is 12.9. The third-order valence-corrected chi connectivity index (χ3v) is 4.93. The van der Waals surface area contributed by atoms with Gasteiger partial charge in [0.2, 0.25) is 0 Å². The molecule has 0 saturated carbocycles. The lowest BCUT2D eigenvalue weighted by Gasteiger charge is -2.22. The van der Waals surface area contributed by atoms with Crippen LogP contribution in [0.1, 0.15) is 34.0 Å². The average Bonchev–Trinajstić information content (AvgIpc) is 2.87. The van der Waals surface area contributed by atoms with E-state index in [1.54, 1.807) is 13.0 Å². The van der Waals surface area contributed by atoms with Crippen molar-refractivity contribution >= 4 is 23.4 Å². The van der Waals surface area contributed by atoms with Gasteiger partial charge in [-0.05, 0) is 50.1 Å². The Morgan fingerprint density at radius 3 is 2.39 bits per heavy atom. The Morgan fingerprint density at radius 1 is 1.14 bits per heavy atom. The first-order valence-electron chi connectivity index (χ1n) is 8.63. The van der Waals surface area contributed by atoms with Crippen LogP contribution in [0, 0.1) is 24.0 Å². The Balaban J connectivity index is 1.85. The standard InChI is InChI=1S/C20H19N3O5/c1-12-4-5-13(2)16(10-12)17(24)11-22-18(25)20(3,21-19(22)26)14-6-8-15(9-7-14)23(27)28/h4-10H,11H2,1-3H3,(H,21,26). The molecule has 2 aromatic carbocycles. The number of carbonyl (C=O) groups is 3. The molecule has 1 aliphatic heterocycles. The molecule has 1 heterocycles. The van der Waals surface area contributed by atoms with Gasteiger partial charge in [-0.3, -0.25) is 24.6 Å². The smallest absolute Gasteiger partial charge is 0.319 e. The third kappa shape index (κ3) is 3.24. The van der Waals surface area contributed by atoms with Crippen LogP contribution in [0.4, 0.5) is 10.5 Å². The van der Waals surface area contributed by atoms with Crippen molar-refractivity contribution in [3.05, 3.63) is 74.8 Å². The summed E-state index contributed by atoms with van der Waals surface area (Å²) in [5.74, 6) is -0.914. The van der Waals surface area contributed by atoms with Gasteiger partial charge in [0.15, 0.2) is 5.78 Å². The van der Waals surface area contributed by atoms with Crippen LogP contribution in [0.3, 0.4) is 0 Å². The molecule has 1 N–H and O–H groups in total. The number of nitrogens with zero attached hydrogens (tertiary/aromatic N) is 2. The second-order valence-electron chi connectivity index (χ2n) is 6.99. The van der Waals surface area contributed by atoms with Crippen LogP contribution in [-0.4, -0.2) is 34.1 Å². The van der Waals surface area contributed by atoms with E-state index in [0.717, 1.165) is 16.0 Å². The normalized spacial score (nSPS) is 18.9. The van der Waals surface area contributed by atoms with E-state index in [-0.39, 0.29) is 18.0 Å². The SMILES string of the molecule is Cc1ccc(C)c(C(=O)CN2C(=O)NC(C)(c3ccc([N+](=O)[O-])cc3)C2=O)c1. The fourth-order valence-electron chi connectivity index (χ4n) is 3.22. The van der Waals surface area contributed by atoms with Gasteiger partial charge in [0.1, 0.15) is 5.54 Å². The van der Waals surface area contributed by atoms with Crippen molar-refractivity contribution in [1.29, 1.82) is 0 Å². The molecule has 8 heteroatoms. The van der Waals surface area contributed by atoms with Gasteiger partial charge < -0.3 is 5.32 Å². The summed E-state index contributed by atoms with van der Waals surface area (Å²) in [4.78, 5) is 49.2. The van der Waals surface area contributed by atoms with E-state index in [1.807, 2.05) is 19.1 Å². The highest BCUT2D eigenvalue weighted by molar-refractivity contribution is 6.11. The first kappa shape index (κ1) is 19.2. The number of hydrogen-bond acceptors (Lipinski definition) is 5. The van der Waals surface area contributed by atoms with Crippen LogP contribution in [0.5, 0.6) is 0 Å². The molecule has 3 rings (SSSR count). The summed E-state index contributed by atoms with van der Waals surface area (Å²) in [6.45, 7) is 4.78. The van der Waals surface area contributed by atoms with Gasteiger partial charge in [-0.25, -0.2) is 4.79 Å². The molecule has 1 aliphatic rings. The van der Waals surface area contributed by atoms with Crippen molar-refractivity contribution in [2.24, 2.45) is 0 Å². The van der Waals surface area contributed by atoms with E-state index < -0.39 is 22.4 Å². The number of Topliss-reactive ketones (excluding diaryl/α,β-unsaturated/α-hetero) is 1. The zero-order valence-corrected chi connectivity index (χ0v) is 15.7. The second-order valence-corrected chi connectivity index (χ2v) is 6.99. The summed E-state index contributed by atoms with van der Waals surface area (Å²) in [5, 5.41) is 13.4. The minimum Gasteiger partial charge on any atom is -0.319 e. The molecule has 1 atom stereocenters. The minimum atomic E-state index is -1.39. The number of aryl methyl sites for hydroxylation is 2. The van der Waals surface area contributed by atoms with Gasteiger partial charge >= 0.3 is 6.03 Å². The molecule has 1 fully saturated rings.